The van der Waals surface area contributed by atoms with Gasteiger partial charge in [0, 0.05) is 37.6 Å². The molecule has 2 aromatic carbocycles. The van der Waals surface area contributed by atoms with Gasteiger partial charge in [-0.05, 0) is 49.8 Å². The van der Waals surface area contributed by atoms with E-state index in [1.54, 1.807) is 0 Å². The molecule has 0 fully saturated rings. The van der Waals surface area contributed by atoms with E-state index in [1.807, 2.05) is 25.1 Å². The van der Waals surface area contributed by atoms with Crippen molar-refractivity contribution in [2.45, 2.75) is 12.5 Å². The van der Waals surface area contributed by atoms with E-state index in [2.05, 4.69) is 34.7 Å². The van der Waals surface area contributed by atoms with Gasteiger partial charge < -0.3 is 20.4 Å². The molecule has 0 aliphatic carbocycles. The summed E-state index contributed by atoms with van der Waals surface area (Å²) in [6, 6.07) is 9.02. The van der Waals surface area contributed by atoms with Crippen molar-refractivity contribution in [1.29, 1.82) is 0 Å². The lowest BCUT2D eigenvalue weighted by molar-refractivity contribution is -0.136. The number of nitrogens with one attached hydrogen (secondary N) is 2. The van der Waals surface area contributed by atoms with Crippen molar-refractivity contribution in [2.75, 3.05) is 44.4 Å². The first kappa shape index (κ1) is 20.7. The first-order valence-electron chi connectivity index (χ1n) is 9.31. The summed E-state index contributed by atoms with van der Waals surface area (Å²) in [4.78, 5) is 28.4. The fourth-order valence-corrected chi connectivity index (χ4v) is 3.42. The van der Waals surface area contributed by atoms with Crippen molar-refractivity contribution in [2.24, 2.45) is 0 Å². The fourth-order valence-electron chi connectivity index (χ4n) is 3.42. The normalized spacial score (nSPS) is 13.9. The van der Waals surface area contributed by atoms with Crippen molar-refractivity contribution >= 4 is 23.2 Å². The molecule has 6 nitrogen and oxygen atoms in total. The number of halogens is 2. The first-order valence-corrected chi connectivity index (χ1v) is 9.31. The molecule has 0 bridgehead atoms. The quantitative estimate of drug-likeness (QED) is 0.754. The van der Waals surface area contributed by atoms with Crippen LogP contribution < -0.4 is 15.5 Å². The summed E-state index contributed by atoms with van der Waals surface area (Å²) in [6.07, 6.45) is 0.975. The number of likely N-dealkylation sites (N-methyl/N-ethyl adjacent to an activating group) is 2. The Labute approximate surface area is 168 Å². The molecule has 1 atom stereocenters. The second kappa shape index (κ2) is 8.57. The van der Waals surface area contributed by atoms with Crippen LogP contribution >= 0.6 is 0 Å². The Morgan fingerprint density at radius 3 is 2.55 bits per heavy atom. The molecule has 1 unspecified atom stereocenters. The average molecular weight is 402 g/mol. The number of benzene rings is 2. The van der Waals surface area contributed by atoms with Crippen LogP contribution in [0, 0.1) is 11.6 Å². The van der Waals surface area contributed by atoms with Gasteiger partial charge in [0.25, 0.3) is 0 Å². The zero-order chi connectivity index (χ0) is 21.1. The minimum atomic E-state index is -1.10. The van der Waals surface area contributed by atoms with E-state index in [9.17, 15) is 18.4 Å². The molecular formula is C21H24F2N4O2. The Kier molecular flexibility index (Phi) is 6.12. The van der Waals surface area contributed by atoms with Gasteiger partial charge in [0.1, 0.15) is 0 Å². The topological polar surface area (TPSA) is 64.7 Å². The maximum Gasteiger partial charge on any atom is 0.313 e. The zero-order valence-corrected chi connectivity index (χ0v) is 16.6. The Morgan fingerprint density at radius 1 is 1.10 bits per heavy atom. The smallest absolute Gasteiger partial charge is 0.313 e. The Hall–Kier alpha value is -3.00. The average Bonchev–Trinajstić information content (AvgIpc) is 3.05. The van der Waals surface area contributed by atoms with Crippen LogP contribution in [0.3, 0.4) is 0 Å². The molecular weight excluding hydrogens is 378 g/mol. The summed E-state index contributed by atoms with van der Waals surface area (Å²) in [6.45, 7) is 1.21. The largest absolute Gasteiger partial charge is 0.374 e. The molecule has 2 N–H and O–H groups in total. The number of carbonyl (C=O) groups excluding carboxylic acids is 2. The zero-order valence-electron chi connectivity index (χ0n) is 16.6. The van der Waals surface area contributed by atoms with Gasteiger partial charge in [0.15, 0.2) is 11.6 Å². The number of amides is 2. The molecule has 1 aliphatic heterocycles. The second-order valence-corrected chi connectivity index (χ2v) is 7.33. The number of carbonyl (C=O) groups is 2. The summed E-state index contributed by atoms with van der Waals surface area (Å²) < 4.78 is 26.2. The monoisotopic (exact) mass is 402 g/mol. The van der Waals surface area contributed by atoms with Gasteiger partial charge >= 0.3 is 11.8 Å². The number of hydrogen-bond acceptors (Lipinski definition) is 4. The third kappa shape index (κ3) is 4.71. The molecule has 0 saturated carbocycles. The van der Waals surface area contributed by atoms with E-state index in [-0.39, 0.29) is 18.3 Å². The van der Waals surface area contributed by atoms with Crippen LogP contribution in [-0.4, -0.2) is 50.9 Å². The number of hydrogen-bond donors (Lipinski definition) is 2. The van der Waals surface area contributed by atoms with Crippen LogP contribution in [0.25, 0.3) is 0 Å². The van der Waals surface area contributed by atoms with Gasteiger partial charge in [0.2, 0.25) is 0 Å². The molecule has 8 heteroatoms. The summed E-state index contributed by atoms with van der Waals surface area (Å²) in [5, 5.41) is 4.88. The highest BCUT2D eigenvalue weighted by atomic mass is 19.2. The van der Waals surface area contributed by atoms with Gasteiger partial charge in [-0.25, -0.2) is 8.78 Å². The molecule has 0 radical (unpaired) electrons. The van der Waals surface area contributed by atoms with E-state index >= 15 is 0 Å². The standard InChI is InChI=1S/C21H24F2N4O2/c1-26(2)19(13-4-7-18-14(10-13)8-9-27(18)3)12-24-20(28)21(29)25-15-5-6-16(22)17(23)11-15/h4-7,10-11,19H,8-9,12H2,1-3H3,(H,24,28)(H,25,29). The van der Waals surface area contributed by atoms with Gasteiger partial charge in [-0.3, -0.25) is 9.59 Å². The lowest BCUT2D eigenvalue weighted by Gasteiger charge is -2.26. The van der Waals surface area contributed by atoms with E-state index in [4.69, 9.17) is 0 Å². The summed E-state index contributed by atoms with van der Waals surface area (Å²) in [5.41, 5.74) is 3.53. The van der Waals surface area contributed by atoms with Gasteiger partial charge in [-0.1, -0.05) is 12.1 Å². The number of fused-ring (bicyclic) bond motifs is 1. The molecule has 0 spiro atoms. The van der Waals surface area contributed by atoms with E-state index < -0.39 is 23.4 Å². The highest BCUT2D eigenvalue weighted by molar-refractivity contribution is 6.39. The van der Waals surface area contributed by atoms with Crippen LogP contribution in [0.2, 0.25) is 0 Å². The molecule has 29 heavy (non-hydrogen) atoms. The van der Waals surface area contributed by atoms with Crippen LogP contribution in [0.4, 0.5) is 20.2 Å². The molecule has 2 aromatic rings. The van der Waals surface area contributed by atoms with E-state index in [0.717, 1.165) is 30.7 Å². The predicted molar refractivity (Wildman–Crippen MR) is 108 cm³/mol. The van der Waals surface area contributed by atoms with Crippen molar-refractivity contribution in [3.63, 3.8) is 0 Å². The van der Waals surface area contributed by atoms with Crippen LogP contribution in [0.5, 0.6) is 0 Å². The lowest BCUT2D eigenvalue weighted by atomic mass is 10.0. The molecule has 0 aromatic heterocycles. The minimum Gasteiger partial charge on any atom is -0.374 e. The van der Waals surface area contributed by atoms with Crippen molar-refractivity contribution < 1.29 is 18.4 Å². The van der Waals surface area contributed by atoms with Crippen LogP contribution in [0.15, 0.2) is 36.4 Å². The Bertz CT molecular complexity index is 933. The number of nitrogens with zero attached hydrogens (tertiary/aromatic N) is 2. The second-order valence-electron chi connectivity index (χ2n) is 7.33. The van der Waals surface area contributed by atoms with Crippen molar-refractivity contribution in [3.05, 3.63) is 59.2 Å². The predicted octanol–water partition coefficient (Wildman–Crippen LogP) is 2.31. The molecule has 154 valence electrons. The summed E-state index contributed by atoms with van der Waals surface area (Å²) in [5.74, 6) is -3.91. The van der Waals surface area contributed by atoms with Gasteiger partial charge in [-0.2, -0.15) is 0 Å². The lowest BCUT2D eigenvalue weighted by Crippen LogP contribution is -2.40. The molecule has 2 amide bonds. The molecule has 1 aliphatic rings. The maximum atomic E-state index is 13.2. The highest BCUT2D eigenvalue weighted by Gasteiger charge is 2.22. The third-order valence-electron chi connectivity index (χ3n) is 5.08. The van der Waals surface area contributed by atoms with E-state index in [1.165, 1.54) is 17.3 Å². The van der Waals surface area contributed by atoms with Crippen LogP contribution in [0.1, 0.15) is 17.2 Å². The first-order chi connectivity index (χ1) is 13.8. The maximum absolute atomic E-state index is 13.2. The Morgan fingerprint density at radius 2 is 1.86 bits per heavy atom. The van der Waals surface area contributed by atoms with Crippen molar-refractivity contribution in [1.82, 2.24) is 10.2 Å². The molecule has 1 heterocycles. The fraction of sp³-hybridized carbons (Fsp3) is 0.333. The number of anilines is 2. The summed E-state index contributed by atoms with van der Waals surface area (Å²) >= 11 is 0. The van der Waals surface area contributed by atoms with E-state index in [0.29, 0.717) is 0 Å². The molecule has 3 rings (SSSR count). The highest BCUT2D eigenvalue weighted by Crippen LogP contribution is 2.30. The van der Waals surface area contributed by atoms with Crippen molar-refractivity contribution in [3.8, 4) is 0 Å². The molecule has 0 saturated heterocycles. The summed E-state index contributed by atoms with van der Waals surface area (Å²) in [7, 11) is 5.86. The van der Waals surface area contributed by atoms with Gasteiger partial charge in [-0.15, -0.1) is 0 Å². The van der Waals surface area contributed by atoms with Gasteiger partial charge in [0.05, 0.1) is 6.04 Å². The van der Waals surface area contributed by atoms with Crippen LogP contribution in [-0.2, 0) is 16.0 Å². The Balaban J connectivity index is 1.63. The third-order valence-corrected chi connectivity index (χ3v) is 5.08. The SMILES string of the molecule is CN1CCc2cc(C(CNC(=O)C(=O)Nc3ccc(F)c(F)c3)N(C)C)ccc21. The number of rotatable bonds is 5. The minimum absolute atomic E-state index is 0.0101.